The highest BCUT2D eigenvalue weighted by Crippen LogP contribution is 2.43. The van der Waals surface area contributed by atoms with E-state index in [2.05, 4.69) is 56.4 Å². The van der Waals surface area contributed by atoms with Crippen molar-refractivity contribution in [2.45, 2.75) is 181 Å². The number of rotatable bonds is 37. The van der Waals surface area contributed by atoms with Gasteiger partial charge in [0.2, 0.25) is 0 Å². The molecule has 1 N–H and O–H groups in total. The maximum Gasteiger partial charge on any atom is 0.472 e. The highest BCUT2D eigenvalue weighted by Gasteiger charge is 2.25. The summed E-state index contributed by atoms with van der Waals surface area (Å²) in [6.45, 7) is 5.25. The Morgan fingerprint density at radius 1 is 0.538 bits per heavy atom. The number of hydrogen-bond donors (Lipinski definition) is 1. The van der Waals surface area contributed by atoms with Crippen molar-refractivity contribution in [1.82, 2.24) is 0 Å². The predicted molar refractivity (Wildman–Crippen MR) is 216 cm³/mol. The van der Waals surface area contributed by atoms with Gasteiger partial charge in [0.25, 0.3) is 0 Å². The number of carbonyl (C=O) groups is 2. The van der Waals surface area contributed by atoms with Gasteiger partial charge >= 0.3 is 19.8 Å². The Morgan fingerprint density at radius 3 is 1.40 bits per heavy atom. The van der Waals surface area contributed by atoms with Gasteiger partial charge in [-0.2, -0.15) is 0 Å². The zero-order chi connectivity index (χ0) is 38.2. The van der Waals surface area contributed by atoms with Gasteiger partial charge in [-0.25, -0.2) is 4.57 Å². The minimum atomic E-state index is -4.30. The number of phosphoric acid groups is 1. The van der Waals surface area contributed by atoms with Crippen molar-refractivity contribution in [2.24, 2.45) is 0 Å². The van der Waals surface area contributed by atoms with E-state index in [0.717, 1.165) is 44.9 Å². The molecule has 0 bridgehead atoms. The van der Waals surface area contributed by atoms with Gasteiger partial charge in [-0.1, -0.05) is 177 Å². The van der Waals surface area contributed by atoms with Crippen LogP contribution >= 0.6 is 7.82 Å². The SMILES string of the molecule is CC/C=C\C/C=C\C/C=C\C/C=C\C/C=C\CC(=O)OC(COC(=O)CCCCCCCCCCCCCCCCCCC)COP(=O)(O)OCC. The Balaban J connectivity index is 4.21. The Hall–Kier alpha value is -2.25. The summed E-state index contributed by atoms with van der Waals surface area (Å²) < 4.78 is 32.5. The largest absolute Gasteiger partial charge is 0.472 e. The summed E-state index contributed by atoms with van der Waals surface area (Å²) in [6, 6.07) is 0. The molecule has 8 nitrogen and oxygen atoms in total. The molecular weight excluding hydrogens is 675 g/mol. The van der Waals surface area contributed by atoms with E-state index in [1.54, 1.807) is 13.0 Å². The summed E-state index contributed by atoms with van der Waals surface area (Å²) >= 11 is 0. The molecule has 0 aromatic carbocycles. The average Bonchev–Trinajstić information content (AvgIpc) is 3.12. The predicted octanol–water partition coefficient (Wildman–Crippen LogP) is 12.8. The topological polar surface area (TPSA) is 108 Å². The van der Waals surface area contributed by atoms with Gasteiger partial charge in [0.1, 0.15) is 6.61 Å². The lowest BCUT2D eigenvalue weighted by molar-refractivity contribution is -0.160. The van der Waals surface area contributed by atoms with Crippen LogP contribution in [0.25, 0.3) is 0 Å². The van der Waals surface area contributed by atoms with E-state index in [1.165, 1.54) is 89.9 Å². The second-order valence-corrected chi connectivity index (χ2v) is 14.7. The van der Waals surface area contributed by atoms with Gasteiger partial charge in [0, 0.05) is 6.42 Å². The first-order valence-corrected chi connectivity index (χ1v) is 22.1. The van der Waals surface area contributed by atoms with Gasteiger partial charge < -0.3 is 14.4 Å². The molecule has 0 aliphatic carbocycles. The molecule has 0 rings (SSSR count). The van der Waals surface area contributed by atoms with Crippen LogP contribution in [0, 0.1) is 0 Å². The highest BCUT2D eigenvalue weighted by molar-refractivity contribution is 7.47. The van der Waals surface area contributed by atoms with Gasteiger partial charge in [0.15, 0.2) is 6.10 Å². The molecule has 0 fully saturated rings. The first-order valence-electron chi connectivity index (χ1n) is 20.6. The third kappa shape index (κ3) is 37.5. The van der Waals surface area contributed by atoms with Crippen LogP contribution in [0.3, 0.4) is 0 Å². The quantitative estimate of drug-likeness (QED) is 0.0289. The minimum Gasteiger partial charge on any atom is -0.462 e. The third-order valence-corrected chi connectivity index (χ3v) is 9.43. The molecule has 9 heteroatoms. The van der Waals surface area contributed by atoms with E-state index in [0.29, 0.717) is 6.42 Å². The van der Waals surface area contributed by atoms with Crippen molar-refractivity contribution in [3.63, 3.8) is 0 Å². The summed E-state index contributed by atoms with van der Waals surface area (Å²) in [4.78, 5) is 34.6. The highest BCUT2D eigenvalue weighted by atomic mass is 31.2. The summed E-state index contributed by atoms with van der Waals surface area (Å²) in [5.41, 5.74) is 0. The van der Waals surface area contributed by atoms with Gasteiger partial charge in [-0.15, -0.1) is 0 Å². The molecule has 300 valence electrons. The Morgan fingerprint density at radius 2 is 0.962 bits per heavy atom. The molecule has 0 amide bonds. The molecular formula is C43H75O8P. The van der Waals surface area contributed by atoms with Gasteiger partial charge in [0.05, 0.1) is 19.6 Å². The number of carbonyl (C=O) groups excluding carboxylic acids is 2. The molecule has 0 aliphatic heterocycles. The van der Waals surface area contributed by atoms with Crippen LogP contribution in [0.1, 0.15) is 175 Å². The molecule has 0 spiro atoms. The molecule has 0 saturated heterocycles. The van der Waals surface area contributed by atoms with Crippen LogP contribution in [-0.4, -0.2) is 42.8 Å². The lowest BCUT2D eigenvalue weighted by Gasteiger charge is -2.19. The maximum atomic E-state index is 12.5. The monoisotopic (exact) mass is 751 g/mol. The van der Waals surface area contributed by atoms with Crippen LogP contribution in [-0.2, 0) is 32.7 Å². The molecule has 0 radical (unpaired) electrons. The van der Waals surface area contributed by atoms with E-state index in [4.69, 9.17) is 18.5 Å². The van der Waals surface area contributed by atoms with Crippen molar-refractivity contribution in [1.29, 1.82) is 0 Å². The van der Waals surface area contributed by atoms with E-state index in [9.17, 15) is 19.0 Å². The fraction of sp³-hybridized carbons (Fsp3) is 0.721. The molecule has 2 atom stereocenters. The van der Waals surface area contributed by atoms with E-state index < -0.39 is 32.5 Å². The first kappa shape index (κ1) is 49.8. The van der Waals surface area contributed by atoms with Crippen LogP contribution in [0.5, 0.6) is 0 Å². The lowest BCUT2D eigenvalue weighted by Crippen LogP contribution is -2.29. The molecule has 2 unspecified atom stereocenters. The van der Waals surface area contributed by atoms with E-state index in [-0.39, 0.29) is 26.1 Å². The maximum absolute atomic E-state index is 12.5. The molecule has 0 aliphatic rings. The summed E-state index contributed by atoms with van der Waals surface area (Å²) in [5, 5.41) is 0. The van der Waals surface area contributed by atoms with Crippen molar-refractivity contribution in [3.8, 4) is 0 Å². The number of esters is 2. The number of unbranched alkanes of at least 4 members (excludes halogenated alkanes) is 16. The molecule has 52 heavy (non-hydrogen) atoms. The van der Waals surface area contributed by atoms with Gasteiger partial charge in [-0.3, -0.25) is 18.6 Å². The van der Waals surface area contributed by atoms with Crippen LogP contribution in [0.15, 0.2) is 60.8 Å². The number of ether oxygens (including phenoxy) is 2. The van der Waals surface area contributed by atoms with Crippen LogP contribution < -0.4 is 0 Å². The standard InChI is InChI=1S/C43H75O8P/c1-4-7-9-11-13-15-17-19-21-22-24-25-27-29-31-33-35-37-42(44)48-39-41(40-50-52(46,47)49-6-3)51-43(45)38-36-34-32-30-28-26-23-20-18-16-14-12-10-8-5-2/h8,10,14,16,20,23,28,30,34,36,41H,4-7,9,11-13,15,17-19,21-22,24-27,29,31-33,35,37-40H2,1-3H3,(H,46,47)/b10-8-,16-14-,23-20-,30-28-,36-34-. The third-order valence-electron chi connectivity index (χ3n) is 8.37. The number of allylic oxidation sites excluding steroid dienone is 9. The summed E-state index contributed by atoms with van der Waals surface area (Å²) in [7, 11) is -4.30. The lowest BCUT2D eigenvalue weighted by atomic mass is 10.0. The smallest absolute Gasteiger partial charge is 0.462 e. The molecule has 0 heterocycles. The zero-order valence-electron chi connectivity index (χ0n) is 33.2. The van der Waals surface area contributed by atoms with Crippen LogP contribution in [0.2, 0.25) is 0 Å². The van der Waals surface area contributed by atoms with Gasteiger partial charge in [-0.05, 0) is 45.4 Å². The second-order valence-electron chi connectivity index (χ2n) is 13.3. The fourth-order valence-electron chi connectivity index (χ4n) is 5.41. The van der Waals surface area contributed by atoms with E-state index in [1.807, 2.05) is 12.2 Å². The first-order chi connectivity index (χ1) is 25.3. The second kappa shape index (κ2) is 38.5. The summed E-state index contributed by atoms with van der Waals surface area (Å²) in [6.07, 6.45) is 45.9. The Labute approximate surface area is 318 Å². The minimum absolute atomic E-state index is 0.0134. The van der Waals surface area contributed by atoms with Crippen molar-refractivity contribution in [3.05, 3.63) is 60.8 Å². The number of hydrogen-bond acceptors (Lipinski definition) is 7. The summed E-state index contributed by atoms with van der Waals surface area (Å²) in [5.74, 6) is -0.944. The zero-order valence-corrected chi connectivity index (χ0v) is 34.1. The average molecular weight is 751 g/mol. The van der Waals surface area contributed by atoms with Crippen molar-refractivity contribution < 1.29 is 37.6 Å². The molecule has 0 saturated carbocycles. The fourth-order valence-corrected chi connectivity index (χ4v) is 6.17. The Kier molecular flexibility index (Phi) is 36.8. The van der Waals surface area contributed by atoms with Crippen LogP contribution in [0.4, 0.5) is 0 Å². The molecule has 0 aromatic heterocycles. The van der Waals surface area contributed by atoms with Crippen molar-refractivity contribution in [2.75, 3.05) is 19.8 Å². The van der Waals surface area contributed by atoms with E-state index >= 15 is 0 Å². The Bertz CT molecular complexity index is 1030. The number of phosphoric ester groups is 1. The van der Waals surface area contributed by atoms with Crippen molar-refractivity contribution >= 4 is 19.8 Å². The normalized spacial score (nSPS) is 14.0. The molecule has 0 aromatic rings.